The van der Waals surface area contributed by atoms with Gasteiger partial charge in [0, 0.05) is 11.1 Å². The zero-order chi connectivity index (χ0) is 18.7. The van der Waals surface area contributed by atoms with Gasteiger partial charge in [0.1, 0.15) is 0 Å². The largest absolute Gasteiger partial charge is 0.494 e. The number of fused-ring (bicyclic) bond motifs is 1. The fourth-order valence-corrected chi connectivity index (χ4v) is 3.19. The monoisotopic (exact) mass is 369 g/mol. The minimum absolute atomic E-state index is 0.381. The Hall–Kier alpha value is -1.89. The van der Waals surface area contributed by atoms with Gasteiger partial charge in [-0.05, 0) is 58.3 Å². The Bertz CT molecular complexity index is 984. The summed E-state index contributed by atoms with van der Waals surface area (Å²) in [5, 5.41) is 6.04. The third-order valence-electron chi connectivity index (χ3n) is 5.29. The molecule has 0 radical (unpaired) electrons. The van der Waals surface area contributed by atoms with E-state index in [0.717, 1.165) is 22.1 Å². The number of rotatable bonds is 2. The molecule has 5 nitrogen and oxygen atoms in total. The SMILES string of the molecule is Cc1ccc(Cl)c(-n2ncc3ccc(B4OC(C)(C)C(C)(C)O4)cc32)n1. The highest BCUT2D eigenvalue weighted by Gasteiger charge is 2.51. The van der Waals surface area contributed by atoms with Crippen LogP contribution < -0.4 is 5.46 Å². The summed E-state index contributed by atoms with van der Waals surface area (Å²) in [6, 6.07) is 9.79. The number of pyridine rings is 1. The lowest BCUT2D eigenvalue weighted by Gasteiger charge is -2.32. The summed E-state index contributed by atoms with van der Waals surface area (Å²) in [5.41, 5.74) is 1.98. The van der Waals surface area contributed by atoms with Crippen molar-refractivity contribution in [2.24, 2.45) is 0 Å². The number of aromatic nitrogens is 3. The van der Waals surface area contributed by atoms with Crippen molar-refractivity contribution in [1.29, 1.82) is 0 Å². The summed E-state index contributed by atoms with van der Waals surface area (Å²) in [4.78, 5) is 4.54. The molecule has 0 amide bonds. The number of nitrogens with zero attached hydrogens (tertiary/aromatic N) is 3. The maximum absolute atomic E-state index is 6.36. The fraction of sp³-hybridized carbons (Fsp3) is 0.368. The van der Waals surface area contributed by atoms with Crippen molar-refractivity contribution < 1.29 is 9.31 Å². The molecule has 0 atom stereocenters. The van der Waals surface area contributed by atoms with Crippen molar-refractivity contribution in [3.8, 4) is 5.82 Å². The summed E-state index contributed by atoms with van der Waals surface area (Å²) in [5.74, 6) is 0.618. The van der Waals surface area contributed by atoms with Crippen molar-refractivity contribution in [2.75, 3.05) is 0 Å². The molecule has 0 N–H and O–H groups in total. The summed E-state index contributed by atoms with van der Waals surface area (Å²) >= 11 is 6.36. The minimum atomic E-state index is -0.423. The lowest BCUT2D eigenvalue weighted by molar-refractivity contribution is 0.00578. The molecule has 3 heterocycles. The third kappa shape index (κ3) is 2.73. The van der Waals surface area contributed by atoms with Crippen LogP contribution in [0.4, 0.5) is 0 Å². The molecule has 1 fully saturated rings. The van der Waals surface area contributed by atoms with E-state index in [1.54, 1.807) is 4.68 Å². The Morgan fingerprint density at radius 1 is 1.04 bits per heavy atom. The molecule has 26 heavy (non-hydrogen) atoms. The predicted molar refractivity (Wildman–Crippen MR) is 104 cm³/mol. The third-order valence-corrected chi connectivity index (χ3v) is 5.58. The first-order chi connectivity index (χ1) is 12.2. The fourth-order valence-electron chi connectivity index (χ4n) is 3.00. The molecule has 4 rings (SSSR count). The van der Waals surface area contributed by atoms with Crippen LogP contribution in [0.25, 0.3) is 16.7 Å². The molecule has 0 spiro atoms. The molecule has 1 aliphatic heterocycles. The normalized spacial score (nSPS) is 18.6. The number of halogens is 1. The van der Waals surface area contributed by atoms with Crippen LogP contribution in [0, 0.1) is 6.92 Å². The molecule has 1 aliphatic rings. The minimum Gasteiger partial charge on any atom is -0.399 e. The molecule has 1 saturated heterocycles. The van der Waals surface area contributed by atoms with Gasteiger partial charge in [-0.2, -0.15) is 5.10 Å². The van der Waals surface area contributed by atoms with E-state index in [0.29, 0.717) is 10.8 Å². The van der Waals surface area contributed by atoms with Crippen LogP contribution >= 0.6 is 11.6 Å². The van der Waals surface area contributed by atoms with Crippen LogP contribution in [0.2, 0.25) is 5.02 Å². The van der Waals surface area contributed by atoms with Gasteiger partial charge in [0.2, 0.25) is 0 Å². The van der Waals surface area contributed by atoms with Crippen LogP contribution in [0.3, 0.4) is 0 Å². The molecule has 0 saturated carbocycles. The first kappa shape index (κ1) is 17.5. The lowest BCUT2D eigenvalue weighted by atomic mass is 9.79. The standard InChI is InChI=1S/C19H21BClN3O2/c1-12-6-9-15(21)17(23-12)24-16-10-14(8-7-13(16)11-22-24)20-25-18(2,3)19(4,5)26-20/h6-11H,1-5H3. The first-order valence-corrected chi connectivity index (χ1v) is 9.03. The van der Waals surface area contributed by atoms with Gasteiger partial charge < -0.3 is 9.31 Å². The highest BCUT2D eigenvalue weighted by molar-refractivity contribution is 6.62. The summed E-state index contributed by atoms with van der Waals surface area (Å²) in [6.45, 7) is 10.1. The van der Waals surface area contributed by atoms with Crippen molar-refractivity contribution >= 4 is 35.1 Å². The summed E-state index contributed by atoms with van der Waals surface area (Å²) in [7, 11) is -0.423. The number of hydrogen-bond donors (Lipinski definition) is 0. The van der Waals surface area contributed by atoms with E-state index in [2.05, 4.69) is 10.1 Å². The highest BCUT2D eigenvalue weighted by atomic mass is 35.5. The number of hydrogen-bond acceptors (Lipinski definition) is 4. The van der Waals surface area contributed by atoms with Crippen LogP contribution in [0.15, 0.2) is 36.5 Å². The first-order valence-electron chi connectivity index (χ1n) is 8.65. The molecular weight excluding hydrogens is 348 g/mol. The Morgan fingerprint density at radius 2 is 1.73 bits per heavy atom. The van der Waals surface area contributed by atoms with Gasteiger partial charge in [-0.1, -0.05) is 23.7 Å². The highest BCUT2D eigenvalue weighted by Crippen LogP contribution is 2.36. The van der Waals surface area contributed by atoms with Crippen LogP contribution in [0.1, 0.15) is 33.4 Å². The maximum Gasteiger partial charge on any atom is 0.494 e. The molecule has 0 bridgehead atoms. The molecule has 0 unspecified atom stereocenters. The van der Waals surface area contributed by atoms with Crippen molar-refractivity contribution in [2.45, 2.75) is 45.8 Å². The average Bonchev–Trinajstić information content (AvgIpc) is 3.07. The van der Waals surface area contributed by atoms with Gasteiger partial charge >= 0.3 is 7.12 Å². The summed E-state index contributed by atoms with van der Waals surface area (Å²) < 4.78 is 14.1. The van der Waals surface area contributed by atoms with Crippen LogP contribution in [0.5, 0.6) is 0 Å². The molecule has 2 aromatic heterocycles. The van der Waals surface area contributed by atoms with Gasteiger partial charge in [-0.3, -0.25) is 0 Å². The Balaban J connectivity index is 1.80. The van der Waals surface area contributed by atoms with E-state index in [9.17, 15) is 0 Å². The zero-order valence-corrected chi connectivity index (χ0v) is 16.3. The predicted octanol–water partition coefficient (Wildman–Crippen LogP) is 3.68. The van der Waals surface area contributed by atoms with Crippen molar-refractivity contribution in [1.82, 2.24) is 14.8 Å². The lowest BCUT2D eigenvalue weighted by Crippen LogP contribution is -2.41. The molecular formula is C19H21BClN3O2. The zero-order valence-electron chi connectivity index (χ0n) is 15.6. The molecule has 134 valence electrons. The van der Waals surface area contributed by atoms with Gasteiger partial charge in [0.15, 0.2) is 5.82 Å². The van der Waals surface area contributed by atoms with E-state index in [1.807, 2.05) is 71.1 Å². The Kier molecular flexibility index (Phi) is 3.92. The topological polar surface area (TPSA) is 49.2 Å². The van der Waals surface area contributed by atoms with E-state index in [1.165, 1.54) is 0 Å². The molecule has 3 aromatic rings. The van der Waals surface area contributed by atoms with E-state index < -0.39 is 7.12 Å². The van der Waals surface area contributed by atoms with E-state index in [-0.39, 0.29) is 11.2 Å². The van der Waals surface area contributed by atoms with Gasteiger partial charge in [0.05, 0.1) is 27.9 Å². The number of benzene rings is 1. The Labute approximate surface area is 158 Å². The van der Waals surface area contributed by atoms with Crippen LogP contribution in [-0.4, -0.2) is 33.1 Å². The van der Waals surface area contributed by atoms with Crippen LogP contribution in [-0.2, 0) is 9.31 Å². The summed E-state index contributed by atoms with van der Waals surface area (Å²) in [6.07, 6.45) is 1.81. The second kappa shape index (κ2) is 5.81. The molecule has 0 aliphatic carbocycles. The molecule has 1 aromatic carbocycles. The van der Waals surface area contributed by atoms with Gasteiger partial charge in [-0.25, -0.2) is 9.67 Å². The molecule has 7 heteroatoms. The van der Waals surface area contributed by atoms with E-state index in [4.69, 9.17) is 20.9 Å². The van der Waals surface area contributed by atoms with Gasteiger partial charge in [-0.15, -0.1) is 0 Å². The number of aryl methyl sites for hydroxylation is 1. The van der Waals surface area contributed by atoms with Crippen molar-refractivity contribution in [3.05, 3.63) is 47.2 Å². The smallest absolute Gasteiger partial charge is 0.399 e. The second-order valence-electron chi connectivity index (χ2n) is 7.72. The Morgan fingerprint density at radius 3 is 2.42 bits per heavy atom. The van der Waals surface area contributed by atoms with E-state index >= 15 is 0 Å². The maximum atomic E-state index is 6.36. The van der Waals surface area contributed by atoms with Crippen molar-refractivity contribution in [3.63, 3.8) is 0 Å². The average molecular weight is 370 g/mol. The quantitative estimate of drug-likeness (QED) is 0.647. The van der Waals surface area contributed by atoms with Gasteiger partial charge in [0.25, 0.3) is 0 Å². The second-order valence-corrected chi connectivity index (χ2v) is 8.13.